The van der Waals surface area contributed by atoms with E-state index in [9.17, 15) is 4.79 Å². The Kier molecular flexibility index (Phi) is 4.82. The molecule has 0 radical (unpaired) electrons. The Morgan fingerprint density at radius 2 is 1.71 bits per heavy atom. The first-order valence-corrected chi connectivity index (χ1v) is 8.27. The number of carbonyl (C=O) groups is 1. The molecule has 0 aliphatic rings. The third-order valence-corrected chi connectivity index (χ3v) is 4.51. The molecule has 1 aromatic heterocycles. The number of anilines is 1. The van der Waals surface area contributed by atoms with E-state index in [1.165, 1.54) is 11.3 Å². The Morgan fingerprint density at radius 3 is 2.42 bits per heavy atom. The van der Waals surface area contributed by atoms with Gasteiger partial charge >= 0.3 is 0 Å². The number of benzene rings is 2. The van der Waals surface area contributed by atoms with Crippen molar-refractivity contribution in [2.75, 3.05) is 19.5 Å². The highest BCUT2D eigenvalue weighted by Crippen LogP contribution is 2.32. The number of hydrogen-bond acceptors (Lipinski definition) is 4. The molecule has 4 nitrogen and oxygen atoms in total. The highest BCUT2D eigenvalue weighted by molar-refractivity contribution is 7.12. The molecule has 0 saturated carbocycles. The zero-order valence-electron chi connectivity index (χ0n) is 13.4. The molecule has 0 spiro atoms. The van der Waals surface area contributed by atoms with Crippen LogP contribution < -0.4 is 14.8 Å². The van der Waals surface area contributed by atoms with Crippen molar-refractivity contribution in [1.82, 2.24) is 0 Å². The van der Waals surface area contributed by atoms with Crippen molar-refractivity contribution in [2.24, 2.45) is 0 Å². The maximum absolute atomic E-state index is 12.7. The molecule has 1 amide bonds. The van der Waals surface area contributed by atoms with E-state index in [0.29, 0.717) is 22.1 Å². The van der Waals surface area contributed by atoms with E-state index in [4.69, 9.17) is 9.47 Å². The third-order valence-electron chi connectivity index (χ3n) is 3.60. The first kappa shape index (κ1) is 16.1. The van der Waals surface area contributed by atoms with E-state index in [2.05, 4.69) is 5.32 Å². The van der Waals surface area contributed by atoms with Gasteiger partial charge in [0.05, 0.1) is 19.1 Å². The van der Waals surface area contributed by atoms with Crippen LogP contribution in [-0.2, 0) is 0 Å². The van der Waals surface area contributed by atoms with Gasteiger partial charge in [-0.1, -0.05) is 30.3 Å². The van der Waals surface area contributed by atoms with Gasteiger partial charge in [-0.2, -0.15) is 0 Å². The maximum Gasteiger partial charge on any atom is 0.266 e. The Hall–Kier alpha value is -2.79. The van der Waals surface area contributed by atoms with Gasteiger partial charge in [-0.3, -0.25) is 4.79 Å². The molecular formula is C19H17NO3S. The van der Waals surface area contributed by atoms with Crippen molar-refractivity contribution < 1.29 is 14.3 Å². The molecule has 122 valence electrons. The van der Waals surface area contributed by atoms with Crippen molar-refractivity contribution >= 4 is 22.9 Å². The molecule has 0 fully saturated rings. The lowest BCUT2D eigenvalue weighted by Gasteiger charge is -2.11. The molecule has 1 heterocycles. The molecular weight excluding hydrogens is 322 g/mol. The fourth-order valence-electron chi connectivity index (χ4n) is 2.43. The van der Waals surface area contributed by atoms with Crippen molar-refractivity contribution in [1.29, 1.82) is 0 Å². The summed E-state index contributed by atoms with van der Waals surface area (Å²) in [4.78, 5) is 13.3. The number of amides is 1. The van der Waals surface area contributed by atoms with Gasteiger partial charge in [0.25, 0.3) is 5.91 Å². The van der Waals surface area contributed by atoms with Crippen LogP contribution in [0.5, 0.6) is 11.5 Å². The number of ether oxygens (including phenoxy) is 2. The first-order valence-electron chi connectivity index (χ1n) is 7.39. The largest absolute Gasteiger partial charge is 0.493 e. The molecule has 3 aromatic rings. The molecule has 5 heteroatoms. The van der Waals surface area contributed by atoms with Gasteiger partial charge in [0.15, 0.2) is 11.5 Å². The zero-order chi connectivity index (χ0) is 16.9. The van der Waals surface area contributed by atoms with Crippen LogP contribution in [0.25, 0.3) is 11.1 Å². The van der Waals surface area contributed by atoms with Crippen molar-refractivity contribution in [3.63, 3.8) is 0 Å². The molecule has 1 N–H and O–H groups in total. The quantitative estimate of drug-likeness (QED) is 0.734. The molecule has 3 rings (SSSR count). The van der Waals surface area contributed by atoms with E-state index in [1.54, 1.807) is 32.4 Å². The predicted octanol–water partition coefficient (Wildman–Crippen LogP) is 4.68. The number of nitrogens with one attached hydrogen (secondary N) is 1. The summed E-state index contributed by atoms with van der Waals surface area (Å²) < 4.78 is 10.5. The fraction of sp³-hybridized carbons (Fsp3) is 0.105. The number of hydrogen-bond donors (Lipinski definition) is 1. The Morgan fingerprint density at radius 1 is 0.958 bits per heavy atom. The standard InChI is InChI=1S/C19H17NO3S/c1-22-16-9-8-14(12-17(16)23-2)20-19(21)18-15(10-11-24-18)13-6-4-3-5-7-13/h3-12H,1-2H3,(H,20,21). The van der Waals surface area contributed by atoms with E-state index in [1.807, 2.05) is 41.8 Å². The third kappa shape index (κ3) is 3.26. The summed E-state index contributed by atoms with van der Waals surface area (Å²) in [5.41, 5.74) is 2.61. The van der Waals surface area contributed by atoms with Crippen LogP contribution in [0.1, 0.15) is 9.67 Å². The van der Waals surface area contributed by atoms with Gasteiger partial charge in [0.1, 0.15) is 0 Å². The second kappa shape index (κ2) is 7.19. The zero-order valence-corrected chi connectivity index (χ0v) is 14.2. The summed E-state index contributed by atoms with van der Waals surface area (Å²) in [5.74, 6) is 1.05. The molecule has 0 atom stereocenters. The molecule has 24 heavy (non-hydrogen) atoms. The Bertz CT molecular complexity index is 843. The number of methoxy groups -OCH3 is 2. The lowest BCUT2D eigenvalue weighted by Crippen LogP contribution is -2.11. The minimum absolute atomic E-state index is 0.143. The number of carbonyl (C=O) groups excluding carboxylic acids is 1. The lowest BCUT2D eigenvalue weighted by molar-refractivity contribution is 0.103. The van der Waals surface area contributed by atoms with Gasteiger partial charge in [-0.15, -0.1) is 11.3 Å². The second-order valence-corrected chi connectivity index (χ2v) is 5.97. The van der Waals surface area contributed by atoms with Gasteiger partial charge in [0.2, 0.25) is 0 Å². The minimum atomic E-state index is -0.143. The van der Waals surface area contributed by atoms with Gasteiger partial charge in [-0.05, 0) is 29.1 Å². The van der Waals surface area contributed by atoms with E-state index in [0.717, 1.165) is 11.1 Å². The van der Waals surface area contributed by atoms with Crippen LogP contribution in [0.2, 0.25) is 0 Å². The number of thiophene rings is 1. The van der Waals surface area contributed by atoms with Crippen molar-refractivity contribution in [2.45, 2.75) is 0 Å². The van der Waals surface area contributed by atoms with Crippen LogP contribution in [-0.4, -0.2) is 20.1 Å². The van der Waals surface area contributed by atoms with Crippen LogP contribution in [0.15, 0.2) is 60.0 Å². The highest BCUT2D eigenvalue weighted by Gasteiger charge is 2.15. The lowest BCUT2D eigenvalue weighted by atomic mass is 10.1. The van der Waals surface area contributed by atoms with Crippen LogP contribution >= 0.6 is 11.3 Å². The normalized spacial score (nSPS) is 10.2. The van der Waals surface area contributed by atoms with Gasteiger partial charge in [-0.25, -0.2) is 0 Å². The average molecular weight is 339 g/mol. The molecule has 0 unspecified atom stereocenters. The Labute approximate surface area is 144 Å². The van der Waals surface area contributed by atoms with Gasteiger partial charge < -0.3 is 14.8 Å². The van der Waals surface area contributed by atoms with Gasteiger partial charge in [0, 0.05) is 17.3 Å². The van der Waals surface area contributed by atoms with E-state index >= 15 is 0 Å². The maximum atomic E-state index is 12.7. The second-order valence-electron chi connectivity index (χ2n) is 5.05. The average Bonchev–Trinajstić information content (AvgIpc) is 3.12. The summed E-state index contributed by atoms with van der Waals surface area (Å²) in [6.07, 6.45) is 0. The monoisotopic (exact) mass is 339 g/mol. The smallest absolute Gasteiger partial charge is 0.266 e. The fourth-order valence-corrected chi connectivity index (χ4v) is 3.24. The summed E-state index contributed by atoms with van der Waals surface area (Å²) in [6.45, 7) is 0. The molecule has 0 aliphatic heterocycles. The first-order chi connectivity index (χ1) is 11.7. The van der Waals surface area contributed by atoms with E-state index < -0.39 is 0 Å². The van der Waals surface area contributed by atoms with Crippen LogP contribution in [0, 0.1) is 0 Å². The summed E-state index contributed by atoms with van der Waals surface area (Å²) in [5, 5.41) is 4.84. The Balaban J connectivity index is 1.85. The molecule has 0 aliphatic carbocycles. The topological polar surface area (TPSA) is 47.6 Å². The van der Waals surface area contributed by atoms with Crippen molar-refractivity contribution in [3.05, 3.63) is 64.9 Å². The summed E-state index contributed by atoms with van der Waals surface area (Å²) in [6, 6.07) is 17.1. The van der Waals surface area contributed by atoms with E-state index in [-0.39, 0.29) is 5.91 Å². The SMILES string of the molecule is COc1ccc(NC(=O)c2sccc2-c2ccccc2)cc1OC. The molecule has 0 bridgehead atoms. The molecule has 0 saturated heterocycles. The summed E-state index contributed by atoms with van der Waals surface area (Å²) >= 11 is 1.42. The minimum Gasteiger partial charge on any atom is -0.493 e. The van der Waals surface area contributed by atoms with Crippen LogP contribution in [0.4, 0.5) is 5.69 Å². The number of rotatable bonds is 5. The van der Waals surface area contributed by atoms with Crippen molar-refractivity contribution in [3.8, 4) is 22.6 Å². The highest BCUT2D eigenvalue weighted by atomic mass is 32.1. The van der Waals surface area contributed by atoms with Crippen LogP contribution in [0.3, 0.4) is 0 Å². The molecule has 2 aromatic carbocycles. The predicted molar refractivity (Wildman–Crippen MR) is 97.3 cm³/mol. The summed E-state index contributed by atoms with van der Waals surface area (Å²) in [7, 11) is 3.14.